The monoisotopic (exact) mass is 291 g/mol. The van der Waals surface area contributed by atoms with Gasteiger partial charge in [0.15, 0.2) is 5.52 Å². The van der Waals surface area contributed by atoms with Crippen LogP contribution in [0.4, 0.5) is 0 Å². The molecule has 0 fully saturated rings. The van der Waals surface area contributed by atoms with E-state index in [0.717, 1.165) is 22.5 Å². The number of hydrogen-bond donors (Lipinski definition) is 1. The number of aryl methyl sites for hydroxylation is 1. The van der Waals surface area contributed by atoms with Crippen LogP contribution in [0.2, 0.25) is 0 Å². The van der Waals surface area contributed by atoms with Crippen LogP contribution >= 0.6 is 0 Å². The fourth-order valence-electron chi connectivity index (χ4n) is 2.41. The number of fused-ring (bicyclic) bond motifs is 1. The number of hydrogen-bond acceptors (Lipinski definition) is 4. The SMILES string of the molecule is Cc1nn(-c2ccccc2)c2oc(-c3ccc(O)cc3)nc12. The number of rotatable bonds is 2. The van der Waals surface area contributed by atoms with Crippen molar-refractivity contribution in [3.63, 3.8) is 0 Å². The van der Waals surface area contributed by atoms with Crippen LogP contribution in [0, 0.1) is 6.92 Å². The average Bonchev–Trinajstić information content (AvgIpc) is 3.10. The number of oxazole rings is 1. The van der Waals surface area contributed by atoms with E-state index < -0.39 is 0 Å². The topological polar surface area (TPSA) is 64.1 Å². The Morgan fingerprint density at radius 2 is 1.73 bits per heavy atom. The lowest BCUT2D eigenvalue weighted by molar-refractivity contribution is 0.475. The minimum atomic E-state index is 0.214. The highest BCUT2D eigenvalue weighted by molar-refractivity contribution is 5.77. The molecule has 5 heteroatoms. The molecular weight excluding hydrogens is 278 g/mol. The molecule has 0 bridgehead atoms. The maximum absolute atomic E-state index is 9.38. The number of benzene rings is 2. The molecule has 2 aromatic carbocycles. The minimum Gasteiger partial charge on any atom is -0.508 e. The third kappa shape index (κ3) is 1.95. The summed E-state index contributed by atoms with van der Waals surface area (Å²) in [4.78, 5) is 4.53. The summed E-state index contributed by atoms with van der Waals surface area (Å²) in [6.07, 6.45) is 0. The van der Waals surface area contributed by atoms with Gasteiger partial charge >= 0.3 is 0 Å². The van der Waals surface area contributed by atoms with Crippen molar-refractivity contribution in [3.05, 3.63) is 60.3 Å². The number of nitrogens with zero attached hydrogens (tertiary/aromatic N) is 3. The summed E-state index contributed by atoms with van der Waals surface area (Å²) in [5.41, 5.74) is 3.91. The second kappa shape index (κ2) is 4.73. The molecule has 0 aliphatic rings. The number of para-hydroxylation sites is 1. The van der Waals surface area contributed by atoms with Gasteiger partial charge in [-0.25, -0.2) is 4.98 Å². The number of phenols is 1. The van der Waals surface area contributed by atoms with Crippen molar-refractivity contribution in [2.24, 2.45) is 0 Å². The predicted octanol–water partition coefficient (Wildman–Crippen LogP) is 3.69. The summed E-state index contributed by atoms with van der Waals surface area (Å²) in [5.74, 6) is 0.728. The first kappa shape index (κ1) is 12.6. The van der Waals surface area contributed by atoms with Gasteiger partial charge in [-0.1, -0.05) is 18.2 Å². The molecule has 1 N–H and O–H groups in total. The van der Waals surface area contributed by atoms with Gasteiger partial charge in [0.05, 0.1) is 11.4 Å². The lowest BCUT2D eigenvalue weighted by Gasteiger charge is -2.00. The Balaban J connectivity index is 1.89. The van der Waals surface area contributed by atoms with Gasteiger partial charge in [0.1, 0.15) is 5.75 Å². The molecule has 0 aliphatic carbocycles. The third-order valence-corrected chi connectivity index (χ3v) is 3.51. The number of aromatic nitrogens is 3. The maximum atomic E-state index is 9.38. The van der Waals surface area contributed by atoms with Gasteiger partial charge in [-0.05, 0) is 43.3 Å². The van der Waals surface area contributed by atoms with E-state index in [1.54, 1.807) is 28.9 Å². The van der Waals surface area contributed by atoms with E-state index in [9.17, 15) is 5.11 Å². The van der Waals surface area contributed by atoms with Crippen molar-refractivity contribution >= 4 is 11.2 Å². The highest BCUT2D eigenvalue weighted by Gasteiger charge is 2.17. The molecule has 108 valence electrons. The zero-order valence-corrected chi connectivity index (χ0v) is 11.9. The fraction of sp³-hybridized carbons (Fsp3) is 0.0588. The zero-order valence-electron chi connectivity index (χ0n) is 11.9. The van der Waals surface area contributed by atoms with Gasteiger partial charge < -0.3 is 9.52 Å². The highest BCUT2D eigenvalue weighted by Crippen LogP contribution is 2.28. The van der Waals surface area contributed by atoms with Crippen LogP contribution in [-0.2, 0) is 0 Å². The molecule has 2 aromatic heterocycles. The molecule has 2 heterocycles. The molecule has 5 nitrogen and oxygen atoms in total. The van der Waals surface area contributed by atoms with Gasteiger partial charge in [-0.2, -0.15) is 9.78 Å². The first-order chi connectivity index (χ1) is 10.7. The molecule has 0 saturated carbocycles. The Kier molecular flexibility index (Phi) is 2.72. The molecule has 4 aromatic rings. The van der Waals surface area contributed by atoms with Crippen LogP contribution in [0.15, 0.2) is 59.0 Å². The Morgan fingerprint density at radius 3 is 2.45 bits per heavy atom. The number of phenolic OH excluding ortho intramolecular Hbond substituents is 1. The van der Waals surface area contributed by atoms with Crippen molar-refractivity contribution in [2.45, 2.75) is 6.92 Å². The quantitative estimate of drug-likeness (QED) is 0.611. The van der Waals surface area contributed by atoms with Crippen molar-refractivity contribution in [2.75, 3.05) is 0 Å². The average molecular weight is 291 g/mol. The highest BCUT2D eigenvalue weighted by atomic mass is 16.4. The van der Waals surface area contributed by atoms with Crippen LogP contribution in [0.3, 0.4) is 0 Å². The lowest BCUT2D eigenvalue weighted by atomic mass is 10.2. The Bertz CT molecular complexity index is 937. The van der Waals surface area contributed by atoms with Gasteiger partial charge in [-0.15, -0.1) is 0 Å². The zero-order chi connectivity index (χ0) is 15.1. The van der Waals surface area contributed by atoms with E-state index in [-0.39, 0.29) is 5.75 Å². The van der Waals surface area contributed by atoms with Crippen molar-refractivity contribution in [1.82, 2.24) is 14.8 Å². The summed E-state index contributed by atoms with van der Waals surface area (Å²) >= 11 is 0. The van der Waals surface area contributed by atoms with E-state index in [2.05, 4.69) is 10.1 Å². The van der Waals surface area contributed by atoms with Crippen LogP contribution in [0.25, 0.3) is 28.4 Å². The third-order valence-electron chi connectivity index (χ3n) is 3.51. The molecule has 22 heavy (non-hydrogen) atoms. The Hall–Kier alpha value is -3.08. The smallest absolute Gasteiger partial charge is 0.251 e. The van der Waals surface area contributed by atoms with Crippen LogP contribution in [-0.4, -0.2) is 19.9 Å². The largest absolute Gasteiger partial charge is 0.508 e. The maximum Gasteiger partial charge on any atom is 0.251 e. The molecule has 0 atom stereocenters. The molecule has 0 radical (unpaired) electrons. The van der Waals surface area contributed by atoms with Gasteiger partial charge in [0.25, 0.3) is 5.71 Å². The van der Waals surface area contributed by atoms with Gasteiger partial charge in [0, 0.05) is 5.56 Å². The molecular formula is C17H13N3O2. The van der Waals surface area contributed by atoms with E-state index >= 15 is 0 Å². The molecule has 0 aliphatic heterocycles. The standard InChI is InChI=1S/C17H13N3O2/c1-11-15-17(20(19-11)13-5-3-2-4-6-13)22-16(18-15)12-7-9-14(21)10-8-12/h2-10,21H,1H3. The minimum absolute atomic E-state index is 0.214. The second-order valence-electron chi connectivity index (χ2n) is 5.05. The first-order valence-corrected chi connectivity index (χ1v) is 6.93. The normalized spacial score (nSPS) is 11.1. The second-order valence-corrected chi connectivity index (χ2v) is 5.05. The summed E-state index contributed by atoms with van der Waals surface area (Å²) in [7, 11) is 0. The van der Waals surface area contributed by atoms with Gasteiger partial charge in [-0.3, -0.25) is 0 Å². The van der Waals surface area contributed by atoms with Crippen LogP contribution in [0.1, 0.15) is 5.69 Å². The van der Waals surface area contributed by atoms with Crippen LogP contribution < -0.4 is 0 Å². The fourth-order valence-corrected chi connectivity index (χ4v) is 2.41. The number of aromatic hydroxyl groups is 1. The summed E-state index contributed by atoms with van der Waals surface area (Å²) in [5, 5.41) is 13.9. The van der Waals surface area contributed by atoms with Crippen molar-refractivity contribution < 1.29 is 9.52 Å². The molecule has 0 unspecified atom stereocenters. The summed E-state index contributed by atoms with van der Waals surface area (Å²) in [6, 6.07) is 16.6. The molecule has 0 spiro atoms. The van der Waals surface area contributed by atoms with E-state index in [1.165, 1.54) is 0 Å². The molecule has 0 amide bonds. The summed E-state index contributed by atoms with van der Waals surface area (Å²) in [6.45, 7) is 1.91. The van der Waals surface area contributed by atoms with Crippen molar-refractivity contribution in [3.8, 4) is 22.9 Å². The van der Waals surface area contributed by atoms with E-state index in [0.29, 0.717) is 11.6 Å². The predicted molar refractivity (Wildman–Crippen MR) is 83.0 cm³/mol. The lowest BCUT2D eigenvalue weighted by Crippen LogP contribution is -1.95. The van der Waals surface area contributed by atoms with Gasteiger partial charge in [0.2, 0.25) is 5.89 Å². The molecule has 0 saturated heterocycles. The Morgan fingerprint density at radius 1 is 1.00 bits per heavy atom. The van der Waals surface area contributed by atoms with E-state index in [4.69, 9.17) is 4.42 Å². The Labute approximate surface area is 126 Å². The molecule has 4 rings (SSSR count). The van der Waals surface area contributed by atoms with Crippen LogP contribution in [0.5, 0.6) is 5.75 Å². The first-order valence-electron chi connectivity index (χ1n) is 6.93. The van der Waals surface area contributed by atoms with E-state index in [1.807, 2.05) is 37.3 Å². The summed E-state index contributed by atoms with van der Waals surface area (Å²) < 4.78 is 7.66. The van der Waals surface area contributed by atoms with Crippen molar-refractivity contribution in [1.29, 1.82) is 0 Å².